The summed E-state index contributed by atoms with van der Waals surface area (Å²) in [7, 11) is -2.03. The average Bonchev–Trinajstić information content (AvgIpc) is 2.28. The molecule has 5 heteroatoms. The van der Waals surface area contributed by atoms with Crippen LogP contribution in [0.4, 0.5) is 0 Å². The topological polar surface area (TPSA) is 57.6 Å². The van der Waals surface area contributed by atoms with Gasteiger partial charge < -0.3 is 5.11 Å². The van der Waals surface area contributed by atoms with Crippen LogP contribution < -0.4 is 0 Å². The molecule has 4 nitrogen and oxygen atoms in total. The highest BCUT2D eigenvalue weighted by molar-refractivity contribution is 7.89. The average molecular weight is 271 g/mol. The molecule has 0 fully saturated rings. The molecule has 0 atom stereocenters. The van der Waals surface area contributed by atoms with Crippen molar-refractivity contribution >= 4 is 10.0 Å². The Labute approximate surface area is 109 Å². The second-order valence-electron chi connectivity index (χ2n) is 5.32. The lowest BCUT2D eigenvalue weighted by Crippen LogP contribution is -2.29. The number of sulfonamides is 1. The molecule has 0 amide bonds. The predicted molar refractivity (Wildman–Crippen MR) is 72.0 cm³/mol. The summed E-state index contributed by atoms with van der Waals surface area (Å²) in [6.07, 6.45) is 0. The van der Waals surface area contributed by atoms with Crippen molar-refractivity contribution in [2.45, 2.75) is 31.1 Å². The van der Waals surface area contributed by atoms with Crippen molar-refractivity contribution < 1.29 is 13.5 Å². The Hall–Kier alpha value is -0.910. The SMILES string of the molecule is CN(CCO)S(=O)(=O)c1ccc(C(C)(C)C)cc1. The van der Waals surface area contributed by atoms with Gasteiger partial charge in [-0.2, -0.15) is 4.31 Å². The molecular formula is C13H21NO3S. The van der Waals surface area contributed by atoms with Crippen LogP contribution in [0, 0.1) is 0 Å². The molecule has 0 saturated carbocycles. The molecule has 0 aliphatic rings. The van der Waals surface area contributed by atoms with Gasteiger partial charge in [0.1, 0.15) is 0 Å². The minimum absolute atomic E-state index is 0.000702. The monoisotopic (exact) mass is 271 g/mol. The van der Waals surface area contributed by atoms with E-state index in [0.717, 1.165) is 9.87 Å². The number of benzene rings is 1. The summed E-state index contributed by atoms with van der Waals surface area (Å²) in [6.45, 7) is 6.15. The van der Waals surface area contributed by atoms with Crippen LogP contribution in [0.1, 0.15) is 26.3 Å². The molecule has 102 valence electrons. The molecule has 0 heterocycles. The first kappa shape index (κ1) is 15.1. The van der Waals surface area contributed by atoms with Crippen LogP contribution in [0.3, 0.4) is 0 Å². The van der Waals surface area contributed by atoms with Gasteiger partial charge in [0.2, 0.25) is 10.0 Å². The van der Waals surface area contributed by atoms with Crippen LogP contribution >= 0.6 is 0 Å². The number of hydrogen-bond acceptors (Lipinski definition) is 3. The van der Waals surface area contributed by atoms with Crippen molar-refractivity contribution in [1.29, 1.82) is 0 Å². The summed E-state index contributed by atoms with van der Waals surface area (Å²) in [5.74, 6) is 0. The fraction of sp³-hybridized carbons (Fsp3) is 0.538. The first-order chi connectivity index (χ1) is 8.19. The summed E-state index contributed by atoms with van der Waals surface area (Å²) in [5.41, 5.74) is 1.09. The highest BCUT2D eigenvalue weighted by atomic mass is 32.2. The summed E-state index contributed by atoms with van der Waals surface area (Å²) in [5, 5.41) is 8.79. The Kier molecular flexibility index (Phi) is 4.53. The normalized spacial score (nSPS) is 13.0. The van der Waals surface area contributed by atoms with Gasteiger partial charge in [0.15, 0.2) is 0 Å². The predicted octanol–water partition coefficient (Wildman–Crippen LogP) is 1.60. The van der Waals surface area contributed by atoms with Crippen LogP contribution in [-0.2, 0) is 15.4 Å². The van der Waals surface area contributed by atoms with Gasteiger partial charge in [0.25, 0.3) is 0 Å². The van der Waals surface area contributed by atoms with E-state index in [0.29, 0.717) is 0 Å². The number of nitrogens with zero attached hydrogens (tertiary/aromatic N) is 1. The van der Waals surface area contributed by atoms with Crippen molar-refractivity contribution in [2.75, 3.05) is 20.2 Å². The van der Waals surface area contributed by atoms with E-state index < -0.39 is 10.0 Å². The molecule has 1 rings (SSSR count). The Morgan fingerprint density at radius 3 is 2.06 bits per heavy atom. The van der Waals surface area contributed by atoms with Gasteiger partial charge >= 0.3 is 0 Å². The molecule has 0 aromatic heterocycles. The fourth-order valence-electron chi connectivity index (χ4n) is 1.57. The zero-order chi connectivity index (χ0) is 14.0. The summed E-state index contributed by atoms with van der Waals surface area (Å²) in [6, 6.07) is 6.90. The summed E-state index contributed by atoms with van der Waals surface area (Å²) in [4.78, 5) is 0.256. The Balaban J connectivity index is 3.05. The van der Waals surface area contributed by atoms with E-state index in [1.54, 1.807) is 12.1 Å². The zero-order valence-corrected chi connectivity index (χ0v) is 12.2. The maximum atomic E-state index is 12.1. The van der Waals surface area contributed by atoms with E-state index in [-0.39, 0.29) is 23.5 Å². The molecule has 1 aromatic carbocycles. The first-order valence-corrected chi connectivity index (χ1v) is 7.31. The second kappa shape index (κ2) is 5.38. The van der Waals surface area contributed by atoms with Gasteiger partial charge in [0, 0.05) is 13.6 Å². The minimum Gasteiger partial charge on any atom is -0.395 e. The molecule has 0 spiro atoms. The van der Waals surface area contributed by atoms with Gasteiger partial charge in [-0.1, -0.05) is 32.9 Å². The molecule has 1 N–H and O–H groups in total. The van der Waals surface area contributed by atoms with Gasteiger partial charge in [-0.05, 0) is 23.1 Å². The lowest BCUT2D eigenvalue weighted by molar-refractivity contribution is 0.266. The number of aliphatic hydroxyl groups is 1. The third-order valence-corrected chi connectivity index (χ3v) is 4.71. The summed E-state index contributed by atoms with van der Waals surface area (Å²) >= 11 is 0. The van der Waals surface area contributed by atoms with E-state index in [1.807, 2.05) is 12.1 Å². The lowest BCUT2D eigenvalue weighted by atomic mass is 9.87. The van der Waals surface area contributed by atoms with Gasteiger partial charge in [-0.25, -0.2) is 8.42 Å². The summed E-state index contributed by atoms with van der Waals surface area (Å²) < 4.78 is 25.3. The molecule has 0 aliphatic carbocycles. The third-order valence-electron chi connectivity index (χ3n) is 2.84. The van der Waals surface area contributed by atoms with E-state index in [9.17, 15) is 8.42 Å². The molecule has 0 radical (unpaired) electrons. The van der Waals surface area contributed by atoms with E-state index in [1.165, 1.54) is 7.05 Å². The Morgan fingerprint density at radius 2 is 1.67 bits per heavy atom. The van der Waals surface area contributed by atoms with Crippen molar-refractivity contribution in [3.05, 3.63) is 29.8 Å². The van der Waals surface area contributed by atoms with Gasteiger partial charge in [0.05, 0.1) is 11.5 Å². The van der Waals surface area contributed by atoms with E-state index >= 15 is 0 Å². The largest absolute Gasteiger partial charge is 0.395 e. The second-order valence-corrected chi connectivity index (χ2v) is 7.37. The van der Waals surface area contributed by atoms with Crippen molar-refractivity contribution in [3.8, 4) is 0 Å². The lowest BCUT2D eigenvalue weighted by Gasteiger charge is -2.20. The van der Waals surface area contributed by atoms with Crippen LogP contribution in [0.15, 0.2) is 29.2 Å². The minimum atomic E-state index is -3.49. The van der Waals surface area contributed by atoms with Crippen LogP contribution in [-0.4, -0.2) is 38.0 Å². The van der Waals surface area contributed by atoms with Crippen molar-refractivity contribution in [1.82, 2.24) is 4.31 Å². The van der Waals surface area contributed by atoms with Crippen LogP contribution in [0.5, 0.6) is 0 Å². The highest BCUT2D eigenvalue weighted by Crippen LogP contribution is 2.24. The van der Waals surface area contributed by atoms with Gasteiger partial charge in [-0.15, -0.1) is 0 Å². The first-order valence-electron chi connectivity index (χ1n) is 5.87. The van der Waals surface area contributed by atoms with Crippen LogP contribution in [0.2, 0.25) is 0 Å². The number of hydrogen-bond donors (Lipinski definition) is 1. The number of rotatable bonds is 4. The van der Waals surface area contributed by atoms with Crippen LogP contribution in [0.25, 0.3) is 0 Å². The maximum Gasteiger partial charge on any atom is 0.242 e. The smallest absolute Gasteiger partial charge is 0.242 e. The quantitative estimate of drug-likeness (QED) is 0.905. The number of aliphatic hydroxyl groups excluding tert-OH is 1. The van der Waals surface area contributed by atoms with Crippen molar-refractivity contribution in [2.24, 2.45) is 0 Å². The molecule has 18 heavy (non-hydrogen) atoms. The molecule has 1 aromatic rings. The maximum absolute atomic E-state index is 12.1. The molecular weight excluding hydrogens is 250 g/mol. The molecule has 0 saturated heterocycles. The fourth-order valence-corrected chi connectivity index (χ4v) is 2.73. The third kappa shape index (κ3) is 3.31. The van der Waals surface area contributed by atoms with E-state index in [2.05, 4.69) is 20.8 Å². The zero-order valence-electron chi connectivity index (χ0n) is 11.3. The highest BCUT2D eigenvalue weighted by Gasteiger charge is 2.21. The van der Waals surface area contributed by atoms with Crippen molar-refractivity contribution in [3.63, 3.8) is 0 Å². The molecule has 0 bridgehead atoms. The number of likely N-dealkylation sites (N-methyl/N-ethyl adjacent to an activating group) is 1. The Morgan fingerprint density at radius 1 is 1.17 bits per heavy atom. The molecule has 0 unspecified atom stereocenters. The van der Waals surface area contributed by atoms with E-state index in [4.69, 9.17) is 5.11 Å². The van der Waals surface area contributed by atoms with Gasteiger partial charge in [-0.3, -0.25) is 0 Å². The standard InChI is InChI=1S/C13H21NO3S/c1-13(2,3)11-5-7-12(8-6-11)18(16,17)14(4)9-10-15/h5-8,15H,9-10H2,1-4H3. The Bertz CT molecular complexity index is 486. The molecule has 0 aliphatic heterocycles.